The molecule has 0 aromatic carbocycles. The van der Waals surface area contributed by atoms with E-state index in [-0.39, 0.29) is 17.9 Å². The zero-order valence-electron chi connectivity index (χ0n) is 10.6. The normalized spacial score (nSPS) is 12.8. The predicted molar refractivity (Wildman–Crippen MR) is 67.8 cm³/mol. The van der Waals surface area contributed by atoms with E-state index in [1.54, 1.807) is 7.11 Å². The molecule has 1 amide bonds. The molecule has 0 aliphatic carbocycles. The second-order valence-electron chi connectivity index (χ2n) is 4.09. The van der Waals surface area contributed by atoms with Crippen molar-refractivity contribution in [3.05, 3.63) is 0 Å². The summed E-state index contributed by atoms with van der Waals surface area (Å²) in [4.78, 5) is 11.9. The lowest BCUT2D eigenvalue weighted by molar-refractivity contribution is -0.126. The second kappa shape index (κ2) is 9.91. The lowest BCUT2D eigenvalue weighted by Gasteiger charge is -2.20. The van der Waals surface area contributed by atoms with Gasteiger partial charge in [0.05, 0.1) is 12.6 Å². The summed E-state index contributed by atoms with van der Waals surface area (Å²) in [5.74, 6) is 0.633. The van der Waals surface area contributed by atoms with E-state index in [0.29, 0.717) is 12.5 Å². The van der Waals surface area contributed by atoms with E-state index in [1.807, 2.05) is 0 Å². The number of carbonyl (C=O) groups is 1. The Kier molecular flexibility index (Phi) is 9.74. The summed E-state index contributed by atoms with van der Waals surface area (Å²) >= 11 is 5.75. The first-order valence-electron chi connectivity index (χ1n) is 6.04. The highest BCUT2D eigenvalue weighted by Crippen LogP contribution is 2.13. The van der Waals surface area contributed by atoms with Gasteiger partial charge in [0.1, 0.15) is 0 Å². The van der Waals surface area contributed by atoms with Crippen LogP contribution in [0.4, 0.5) is 0 Å². The minimum Gasteiger partial charge on any atom is -0.383 e. The summed E-state index contributed by atoms with van der Waals surface area (Å²) in [5.41, 5.74) is 0. The van der Waals surface area contributed by atoms with Gasteiger partial charge in [-0.05, 0) is 12.8 Å². The second-order valence-corrected chi connectivity index (χ2v) is 4.40. The van der Waals surface area contributed by atoms with E-state index in [2.05, 4.69) is 19.2 Å². The standard InChI is InChI=1S/C12H24ClNO2/c1-4-6-10(7-5-2)12(15)14-11(8-13)9-16-3/h10-11H,4-9H2,1-3H3,(H,14,15). The van der Waals surface area contributed by atoms with Crippen molar-refractivity contribution in [2.24, 2.45) is 5.92 Å². The Morgan fingerprint density at radius 3 is 2.25 bits per heavy atom. The van der Waals surface area contributed by atoms with Gasteiger partial charge >= 0.3 is 0 Å². The van der Waals surface area contributed by atoms with E-state index in [1.165, 1.54) is 0 Å². The molecule has 16 heavy (non-hydrogen) atoms. The number of alkyl halides is 1. The predicted octanol–water partition coefficient (Wildman–Crippen LogP) is 2.57. The number of hydrogen-bond acceptors (Lipinski definition) is 2. The van der Waals surface area contributed by atoms with Crippen molar-refractivity contribution in [1.29, 1.82) is 0 Å². The van der Waals surface area contributed by atoms with Crippen LogP contribution >= 0.6 is 11.6 Å². The number of amides is 1. The molecule has 0 rings (SSSR count). The van der Waals surface area contributed by atoms with Crippen LogP contribution in [0, 0.1) is 5.92 Å². The quantitative estimate of drug-likeness (QED) is 0.638. The average molecular weight is 250 g/mol. The molecule has 1 N–H and O–H groups in total. The van der Waals surface area contributed by atoms with Crippen LogP contribution in [0.3, 0.4) is 0 Å². The highest BCUT2D eigenvalue weighted by atomic mass is 35.5. The van der Waals surface area contributed by atoms with Gasteiger partial charge in [-0.1, -0.05) is 26.7 Å². The fraction of sp³-hybridized carbons (Fsp3) is 0.917. The van der Waals surface area contributed by atoms with Crippen LogP contribution in [0.5, 0.6) is 0 Å². The van der Waals surface area contributed by atoms with Gasteiger partial charge in [0, 0.05) is 18.9 Å². The van der Waals surface area contributed by atoms with Crippen LogP contribution in [-0.4, -0.2) is 31.5 Å². The van der Waals surface area contributed by atoms with Crippen LogP contribution in [0.25, 0.3) is 0 Å². The zero-order chi connectivity index (χ0) is 12.4. The molecule has 0 bridgehead atoms. The third kappa shape index (κ3) is 6.33. The maximum absolute atomic E-state index is 11.9. The summed E-state index contributed by atoms with van der Waals surface area (Å²) in [6, 6.07) is -0.0737. The first-order chi connectivity index (χ1) is 7.69. The van der Waals surface area contributed by atoms with Crippen molar-refractivity contribution in [1.82, 2.24) is 5.32 Å². The van der Waals surface area contributed by atoms with Gasteiger partial charge in [-0.2, -0.15) is 0 Å². The Hall–Kier alpha value is -0.280. The summed E-state index contributed by atoms with van der Waals surface area (Å²) < 4.78 is 5.00. The lowest BCUT2D eigenvalue weighted by atomic mass is 9.97. The molecule has 0 saturated heterocycles. The topological polar surface area (TPSA) is 38.3 Å². The van der Waals surface area contributed by atoms with Crippen LogP contribution < -0.4 is 5.32 Å². The minimum atomic E-state index is -0.0737. The Morgan fingerprint density at radius 2 is 1.88 bits per heavy atom. The third-order valence-electron chi connectivity index (χ3n) is 2.55. The molecule has 0 aromatic heterocycles. The number of carbonyl (C=O) groups excluding carboxylic acids is 1. The number of ether oxygens (including phenoxy) is 1. The van der Waals surface area contributed by atoms with Crippen molar-refractivity contribution >= 4 is 17.5 Å². The Balaban J connectivity index is 4.14. The average Bonchev–Trinajstić information content (AvgIpc) is 2.28. The molecule has 0 aliphatic heterocycles. The molecule has 0 aromatic rings. The molecule has 3 nitrogen and oxygen atoms in total. The lowest BCUT2D eigenvalue weighted by Crippen LogP contribution is -2.42. The highest BCUT2D eigenvalue weighted by Gasteiger charge is 2.19. The van der Waals surface area contributed by atoms with Crippen molar-refractivity contribution in [3.8, 4) is 0 Å². The van der Waals surface area contributed by atoms with Crippen molar-refractivity contribution in [3.63, 3.8) is 0 Å². The van der Waals surface area contributed by atoms with Gasteiger partial charge in [-0.15, -0.1) is 11.6 Å². The first-order valence-corrected chi connectivity index (χ1v) is 6.58. The molecule has 1 atom stereocenters. The maximum Gasteiger partial charge on any atom is 0.223 e. The van der Waals surface area contributed by atoms with Gasteiger partial charge in [0.2, 0.25) is 5.91 Å². The van der Waals surface area contributed by atoms with Crippen LogP contribution in [0.2, 0.25) is 0 Å². The first kappa shape index (κ1) is 15.7. The molecular formula is C12H24ClNO2. The van der Waals surface area contributed by atoms with E-state index in [9.17, 15) is 4.79 Å². The fourth-order valence-corrected chi connectivity index (χ4v) is 1.91. The molecule has 0 saturated carbocycles. The molecule has 96 valence electrons. The van der Waals surface area contributed by atoms with Gasteiger partial charge in [-0.25, -0.2) is 0 Å². The van der Waals surface area contributed by atoms with Gasteiger partial charge in [-0.3, -0.25) is 4.79 Å². The van der Waals surface area contributed by atoms with E-state index in [4.69, 9.17) is 16.3 Å². The number of methoxy groups -OCH3 is 1. The third-order valence-corrected chi connectivity index (χ3v) is 2.92. The van der Waals surface area contributed by atoms with Crippen LogP contribution in [0.15, 0.2) is 0 Å². The summed E-state index contributed by atoms with van der Waals surface area (Å²) in [5, 5.41) is 2.94. The molecule has 4 heteroatoms. The summed E-state index contributed by atoms with van der Waals surface area (Å²) in [7, 11) is 1.61. The minimum absolute atomic E-state index is 0.0737. The van der Waals surface area contributed by atoms with Crippen molar-refractivity contribution < 1.29 is 9.53 Å². The maximum atomic E-state index is 11.9. The van der Waals surface area contributed by atoms with E-state index >= 15 is 0 Å². The number of hydrogen-bond donors (Lipinski definition) is 1. The molecule has 0 heterocycles. The van der Waals surface area contributed by atoms with Crippen molar-refractivity contribution in [2.75, 3.05) is 19.6 Å². The fourth-order valence-electron chi connectivity index (χ4n) is 1.75. The number of nitrogens with one attached hydrogen (secondary N) is 1. The molecule has 1 unspecified atom stereocenters. The molecule has 0 spiro atoms. The molecule has 0 aliphatic rings. The monoisotopic (exact) mass is 249 g/mol. The van der Waals surface area contributed by atoms with Crippen LogP contribution in [-0.2, 0) is 9.53 Å². The Labute approximate surface area is 104 Å². The summed E-state index contributed by atoms with van der Waals surface area (Å²) in [6.45, 7) is 4.68. The van der Waals surface area contributed by atoms with Gasteiger partial charge in [0.25, 0.3) is 0 Å². The number of halogens is 1. The van der Waals surface area contributed by atoms with Crippen LogP contribution in [0.1, 0.15) is 39.5 Å². The van der Waals surface area contributed by atoms with Crippen molar-refractivity contribution in [2.45, 2.75) is 45.6 Å². The summed E-state index contributed by atoms with van der Waals surface area (Å²) in [6.07, 6.45) is 3.96. The smallest absolute Gasteiger partial charge is 0.223 e. The molecule has 0 radical (unpaired) electrons. The van der Waals surface area contributed by atoms with Gasteiger partial charge < -0.3 is 10.1 Å². The van der Waals surface area contributed by atoms with E-state index in [0.717, 1.165) is 25.7 Å². The van der Waals surface area contributed by atoms with E-state index < -0.39 is 0 Å². The Morgan fingerprint density at radius 1 is 1.31 bits per heavy atom. The SMILES string of the molecule is CCCC(CCC)C(=O)NC(CCl)COC. The Bertz CT molecular complexity index is 182. The highest BCUT2D eigenvalue weighted by molar-refractivity contribution is 6.18. The molecular weight excluding hydrogens is 226 g/mol. The van der Waals surface area contributed by atoms with Gasteiger partial charge in [0.15, 0.2) is 0 Å². The zero-order valence-corrected chi connectivity index (χ0v) is 11.3. The molecule has 0 fully saturated rings. The number of rotatable bonds is 9. The largest absolute Gasteiger partial charge is 0.383 e.